The maximum atomic E-state index is 13.8. The summed E-state index contributed by atoms with van der Waals surface area (Å²) in [5.41, 5.74) is 4.66. The summed E-state index contributed by atoms with van der Waals surface area (Å²) in [5.74, 6) is -2.18. The summed E-state index contributed by atoms with van der Waals surface area (Å²) in [5, 5.41) is 2.77. The average Bonchev–Trinajstić information content (AvgIpc) is 2.45. The van der Waals surface area contributed by atoms with Crippen LogP contribution in [0.4, 0.5) is 14.5 Å². The van der Waals surface area contributed by atoms with Crippen LogP contribution in [0, 0.1) is 11.6 Å². The number of nitrogens with one attached hydrogen (secondary N) is 1. The molecule has 1 saturated heterocycles. The lowest BCUT2D eigenvalue weighted by atomic mass is 10.0. The van der Waals surface area contributed by atoms with Crippen molar-refractivity contribution in [2.45, 2.75) is 32.2 Å². The highest BCUT2D eigenvalue weighted by Gasteiger charge is 2.23. The van der Waals surface area contributed by atoms with Crippen LogP contribution in [-0.2, 0) is 0 Å². The predicted molar refractivity (Wildman–Crippen MR) is 78.0 cm³/mol. The molecule has 21 heavy (non-hydrogen) atoms. The normalized spacial score (nSPS) is 16.9. The predicted octanol–water partition coefficient (Wildman–Crippen LogP) is 2.15. The van der Waals surface area contributed by atoms with E-state index in [0.29, 0.717) is 0 Å². The van der Waals surface area contributed by atoms with Gasteiger partial charge in [0.2, 0.25) is 0 Å². The third kappa shape index (κ3) is 3.91. The first-order valence-electron chi connectivity index (χ1n) is 7.29. The van der Waals surface area contributed by atoms with Gasteiger partial charge in [0, 0.05) is 19.1 Å². The molecule has 2 rings (SSSR count). The van der Waals surface area contributed by atoms with E-state index in [-0.39, 0.29) is 17.3 Å². The Bertz CT molecular complexity index is 514. The van der Waals surface area contributed by atoms with Gasteiger partial charge in [0.1, 0.15) is 5.82 Å². The van der Waals surface area contributed by atoms with Gasteiger partial charge in [0.15, 0.2) is 5.82 Å². The number of halogens is 2. The molecule has 1 aliphatic rings. The van der Waals surface area contributed by atoms with Gasteiger partial charge in [-0.15, -0.1) is 0 Å². The van der Waals surface area contributed by atoms with Crippen molar-refractivity contribution < 1.29 is 13.6 Å². The fourth-order valence-electron chi connectivity index (χ4n) is 2.66. The van der Waals surface area contributed by atoms with Crippen molar-refractivity contribution in [3.05, 3.63) is 29.3 Å². The number of nitrogens with zero attached hydrogens (tertiary/aromatic N) is 1. The Hall–Kier alpha value is -1.69. The summed E-state index contributed by atoms with van der Waals surface area (Å²) in [6.45, 7) is 5.00. The molecule has 6 heteroatoms. The Morgan fingerprint density at radius 2 is 2.05 bits per heavy atom. The van der Waals surface area contributed by atoms with Gasteiger partial charge < -0.3 is 16.0 Å². The van der Waals surface area contributed by atoms with Crippen molar-refractivity contribution in [3.8, 4) is 0 Å². The van der Waals surface area contributed by atoms with Gasteiger partial charge in [-0.25, -0.2) is 8.78 Å². The summed E-state index contributed by atoms with van der Waals surface area (Å²) in [6.07, 6.45) is 2.74. The smallest absolute Gasteiger partial charge is 0.254 e. The molecular weight excluding hydrogens is 276 g/mol. The van der Waals surface area contributed by atoms with Crippen molar-refractivity contribution in [1.82, 2.24) is 10.2 Å². The van der Waals surface area contributed by atoms with E-state index in [9.17, 15) is 13.6 Å². The Balaban J connectivity index is 1.97. The Labute approximate surface area is 123 Å². The highest BCUT2D eigenvalue weighted by Crippen LogP contribution is 2.18. The van der Waals surface area contributed by atoms with Crippen LogP contribution in [0.25, 0.3) is 0 Å². The van der Waals surface area contributed by atoms with Crippen molar-refractivity contribution in [2.75, 3.05) is 25.4 Å². The lowest BCUT2D eigenvalue weighted by Gasteiger charge is -2.32. The van der Waals surface area contributed by atoms with E-state index in [0.717, 1.165) is 51.0 Å². The Morgan fingerprint density at radius 1 is 1.38 bits per heavy atom. The van der Waals surface area contributed by atoms with Crippen LogP contribution in [0.3, 0.4) is 0 Å². The van der Waals surface area contributed by atoms with E-state index in [1.807, 2.05) is 0 Å². The highest BCUT2D eigenvalue weighted by atomic mass is 19.1. The first-order chi connectivity index (χ1) is 10.0. The standard InChI is InChI=1S/C15H21F2N3O/c1-2-5-20-6-3-11(4-7-20)19-15(21)12-8-10(16)9-13(18)14(12)17/h8-9,11H,2-7,18H2,1H3,(H,19,21). The molecule has 3 N–H and O–H groups in total. The van der Waals surface area contributed by atoms with Crippen LogP contribution >= 0.6 is 0 Å². The molecule has 4 nitrogen and oxygen atoms in total. The van der Waals surface area contributed by atoms with Crippen LogP contribution in [0.1, 0.15) is 36.5 Å². The van der Waals surface area contributed by atoms with Crippen LogP contribution < -0.4 is 11.1 Å². The molecule has 1 aromatic rings. The molecular formula is C15H21F2N3O. The van der Waals surface area contributed by atoms with Gasteiger partial charge >= 0.3 is 0 Å². The summed E-state index contributed by atoms with van der Waals surface area (Å²) in [4.78, 5) is 14.4. The minimum Gasteiger partial charge on any atom is -0.396 e. The number of hydrogen-bond acceptors (Lipinski definition) is 3. The molecule has 1 aromatic carbocycles. The number of hydrogen-bond donors (Lipinski definition) is 2. The number of rotatable bonds is 4. The van der Waals surface area contributed by atoms with E-state index in [1.165, 1.54) is 0 Å². The van der Waals surface area contributed by atoms with Crippen LogP contribution in [0.5, 0.6) is 0 Å². The molecule has 0 atom stereocenters. The summed E-state index contributed by atoms with van der Waals surface area (Å²) >= 11 is 0. The van der Waals surface area contributed by atoms with Crippen molar-refractivity contribution >= 4 is 11.6 Å². The topological polar surface area (TPSA) is 58.4 Å². The van der Waals surface area contributed by atoms with Crippen LogP contribution in [0.2, 0.25) is 0 Å². The number of nitrogens with two attached hydrogens (primary N) is 1. The van der Waals surface area contributed by atoms with Gasteiger partial charge in [-0.2, -0.15) is 0 Å². The monoisotopic (exact) mass is 297 g/mol. The molecule has 1 amide bonds. The second-order valence-corrected chi connectivity index (χ2v) is 5.45. The fraction of sp³-hybridized carbons (Fsp3) is 0.533. The van der Waals surface area contributed by atoms with Crippen LogP contribution in [0.15, 0.2) is 12.1 Å². The zero-order valence-corrected chi connectivity index (χ0v) is 12.2. The number of nitrogen functional groups attached to an aromatic ring is 1. The molecule has 0 radical (unpaired) electrons. The lowest BCUT2D eigenvalue weighted by Crippen LogP contribution is -2.45. The van der Waals surface area contributed by atoms with E-state index in [1.54, 1.807) is 0 Å². The Kier molecular flexibility index (Phi) is 5.12. The minimum absolute atomic E-state index is 0.00509. The maximum absolute atomic E-state index is 13.8. The Morgan fingerprint density at radius 3 is 2.67 bits per heavy atom. The number of carbonyl (C=O) groups excluding carboxylic acids is 1. The minimum atomic E-state index is -0.864. The third-order valence-electron chi connectivity index (χ3n) is 3.77. The molecule has 0 unspecified atom stereocenters. The summed E-state index contributed by atoms with van der Waals surface area (Å²) < 4.78 is 27.0. The molecule has 116 valence electrons. The van der Waals surface area contributed by atoms with Gasteiger partial charge in [-0.1, -0.05) is 6.92 Å². The number of carbonyl (C=O) groups is 1. The molecule has 0 aromatic heterocycles. The number of anilines is 1. The highest BCUT2D eigenvalue weighted by molar-refractivity contribution is 5.95. The fourth-order valence-corrected chi connectivity index (χ4v) is 2.66. The van der Waals surface area contributed by atoms with Gasteiger partial charge in [0.05, 0.1) is 11.3 Å². The number of likely N-dealkylation sites (tertiary alicyclic amines) is 1. The SMILES string of the molecule is CCCN1CCC(NC(=O)c2cc(F)cc(N)c2F)CC1. The van der Waals surface area contributed by atoms with E-state index >= 15 is 0 Å². The molecule has 1 aliphatic heterocycles. The van der Waals surface area contributed by atoms with Gasteiger partial charge in [-0.05, 0) is 37.9 Å². The van der Waals surface area contributed by atoms with E-state index < -0.39 is 17.5 Å². The number of amides is 1. The zero-order chi connectivity index (χ0) is 15.4. The van der Waals surface area contributed by atoms with E-state index in [2.05, 4.69) is 17.1 Å². The van der Waals surface area contributed by atoms with Crippen molar-refractivity contribution in [1.29, 1.82) is 0 Å². The maximum Gasteiger partial charge on any atom is 0.254 e. The first kappa shape index (κ1) is 15.7. The van der Waals surface area contributed by atoms with Gasteiger partial charge in [0.25, 0.3) is 5.91 Å². The summed E-state index contributed by atoms with van der Waals surface area (Å²) in [7, 11) is 0. The zero-order valence-electron chi connectivity index (χ0n) is 12.2. The second-order valence-electron chi connectivity index (χ2n) is 5.45. The summed E-state index contributed by atoms with van der Waals surface area (Å²) in [6, 6.07) is 1.75. The quantitative estimate of drug-likeness (QED) is 0.837. The molecule has 0 spiro atoms. The molecule has 0 bridgehead atoms. The number of benzene rings is 1. The van der Waals surface area contributed by atoms with Crippen molar-refractivity contribution in [2.24, 2.45) is 0 Å². The molecule has 1 fully saturated rings. The molecule has 1 heterocycles. The number of piperidine rings is 1. The molecule has 0 aliphatic carbocycles. The lowest BCUT2D eigenvalue weighted by molar-refractivity contribution is 0.0906. The third-order valence-corrected chi connectivity index (χ3v) is 3.77. The molecule has 0 saturated carbocycles. The average molecular weight is 297 g/mol. The largest absolute Gasteiger partial charge is 0.396 e. The van der Waals surface area contributed by atoms with Gasteiger partial charge in [-0.3, -0.25) is 4.79 Å². The van der Waals surface area contributed by atoms with Crippen LogP contribution in [-0.4, -0.2) is 36.5 Å². The second kappa shape index (κ2) is 6.85. The van der Waals surface area contributed by atoms with E-state index in [4.69, 9.17) is 5.73 Å². The van der Waals surface area contributed by atoms with Crippen molar-refractivity contribution in [3.63, 3.8) is 0 Å². The first-order valence-corrected chi connectivity index (χ1v) is 7.29.